The van der Waals surface area contributed by atoms with Gasteiger partial charge in [0.2, 0.25) is 11.8 Å². The fraction of sp³-hybridized carbons (Fsp3) is 0.556. The highest BCUT2D eigenvalue weighted by molar-refractivity contribution is 7.98. The van der Waals surface area contributed by atoms with E-state index < -0.39 is 0 Å². The summed E-state index contributed by atoms with van der Waals surface area (Å²) >= 11 is 7.72. The number of rotatable bonds is 9. The molecule has 1 aromatic rings. The van der Waals surface area contributed by atoms with Crippen molar-refractivity contribution in [2.75, 3.05) is 18.6 Å². The van der Waals surface area contributed by atoms with Gasteiger partial charge in [-0.3, -0.25) is 9.59 Å². The second-order valence-electron chi connectivity index (χ2n) is 6.33. The summed E-state index contributed by atoms with van der Waals surface area (Å²) in [4.78, 5) is 23.8. The summed E-state index contributed by atoms with van der Waals surface area (Å²) in [6.07, 6.45) is 6.18. The summed E-state index contributed by atoms with van der Waals surface area (Å²) < 4.78 is 0. The fourth-order valence-corrected chi connectivity index (χ4v) is 3.62. The first kappa shape index (κ1) is 19.1. The molecule has 24 heavy (non-hydrogen) atoms. The molecule has 2 rings (SSSR count). The highest BCUT2D eigenvalue weighted by atomic mass is 35.5. The molecule has 1 unspecified atom stereocenters. The Kier molecular flexibility index (Phi) is 7.43. The molecular formula is C18H25ClN2O2S. The predicted molar refractivity (Wildman–Crippen MR) is 101 cm³/mol. The van der Waals surface area contributed by atoms with Gasteiger partial charge in [0.1, 0.15) is 0 Å². The smallest absolute Gasteiger partial charge is 0.220 e. The maximum atomic E-state index is 12.0. The molecule has 132 valence electrons. The maximum absolute atomic E-state index is 12.0. The van der Waals surface area contributed by atoms with Crippen molar-refractivity contribution in [3.63, 3.8) is 0 Å². The topological polar surface area (TPSA) is 58.2 Å². The van der Waals surface area contributed by atoms with Gasteiger partial charge in [0.25, 0.3) is 0 Å². The van der Waals surface area contributed by atoms with Gasteiger partial charge in [0, 0.05) is 29.9 Å². The van der Waals surface area contributed by atoms with Gasteiger partial charge < -0.3 is 10.6 Å². The Labute approximate surface area is 153 Å². The molecule has 1 saturated heterocycles. The van der Waals surface area contributed by atoms with E-state index in [-0.39, 0.29) is 17.4 Å². The third kappa shape index (κ3) is 6.02. The molecule has 0 radical (unpaired) electrons. The van der Waals surface area contributed by atoms with Crippen LogP contribution in [0.2, 0.25) is 5.02 Å². The Hall–Kier alpha value is -1.20. The first-order valence-corrected chi connectivity index (χ1v) is 10.1. The lowest BCUT2D eigenvalue weighted by atomic mass is 9.85. The molecule has 6 heteroatoms. The molecule has 0 aromatic heterocycles. The first-order valence-electron chi connectivity index (χ1n) is 8.34. The Bertz CT molecular complexity index is 565. The molecule has 0 bridgehead atoms. The van der Waals surface area contributed by atoms with E-state index in [0.29, 0.717) is 24.3 Å². The van der Waals surface area contributed by atoms with Gasteiger partial charge in [-0.05, 0) is 55.4 Å². The molecule has 2 amide bonds. The molecule has 2 N–H and O–H groups in total. The van der Waals surface area contributed by atoms with Crippen LogP contribution in [0.5, 0.6) is 0 Å². The molecule has 1 aliphatic rings. The highest BCUT2D eigenvalue weighted by Crippen LogP contribution is 2.30. The normalized spacial score (nSPS) is 20.0. The molecule has 0 spiro atoms. The van der Waals surface area contributed by atoms with Crippen LogP contribution in [-0.2, 0) is 16.0 Å². The number of hydrogen-bond acceptors (Lipinski definition) is 3. The van der Waals surface area contributed by atoms with Crippen molar-refractivity contribution in [2.24, 2.45) is 0 Å². The van der Waals surface area contributed by atoms with Gasteiger partial charge in [-0.15, -0.1) is 0 Å². The van der Waals surface area contributed by atoms with Crippen LogP contribution < -0.4 is 10.6 Å². The van der Waals surface area contributed by atoms with Crippen molar-refractivity contribution in [2.45, 2.75) is 44.1 Å². The number of carbonyl (C=O) groups is 2. The van der Waals surface area contributed by atoms with Gasteiger partial charge in [-0.1, -0.05) is 23.7 Å². The average molecular weight is 369 g/mol. The minimum atomic E-state index is -0.318. The predicted octanol–water partition coefficient (Wildman–Crippen LogP) is 3.18. The second kappa shape index (κ2) is 9.33. The van der Waals surface area contributed by atoms with E-state index in [0.717, 1.165) is 37.1 Å². The van der Waals surface area contributed by atoms with Gasteiger partial charge >= 0.3 is 0 Å². The van der Waals surface area contributed by atoms with Crippen LogP contribution in [0.25, 0.3) is 0 Å². The van der Waals surface area contributed by atoms with Gasteiger partial charge in [-0.25, -0.2) is 0 Å². The van der Waals surface area contributed by atoms with E-state index in [9.17, 15) is 9.59 Å². The average Bonchev–Trinajstić information content (AvgIpc) is 2.93. The highest BCUT2D eigenvalue weighted by Gasteiger charge is 2.37. The maximum Gasteiger partial charge on any atom is 0.220 e. The zero-order valence-corrected chi connectivity index (χ0v) is 15.6. The van der Waals surface area contributed by atoms with Crippen molar-refractivity contribution in [3.8, 4) is 0 Å². The Morgan fingerprint density at radius 1 is 1.38 bits per heavy atom. The molecule has 1 aromatic carbocycles. The van der Waals surface area contributed by atoms with E-state index in [1.165, 1.54) is 0 Å². The lowest BCUT2D eigenvalue weighted by molar-refractivity contribution is -0.122. The monoisotopic (exact) mass is 368 g/mol. The Morgan fingerprint density at radius 3 is 2.75 bits per heavy atom. The molecule has 4 nitrogen and oxygen atoms in total. The first-order chi connectivity index (χ1) is 11.5. The number of thioether (sulfide) groups is 1. The summed E-state index contributed by atoms with van der Waals surface area (Å²) in [7, 11) is 0. The van der Waals surface area contributed by atoms with Crippen LogP contribution in [0.4, 0.5) is 0 Å². The van der Waals surface area contributed by atoms with E-state index >= 15 is 0 Å². The van der Waals surface area contributed by atoms with Crippen molar-refractivity contribution in [1.82, 2.24) is 10.6 Å². The number of carbonyl (C=O) groups excluding carboxylic acids is 2. The molecule has 1 atom stereocenters. The Balaban J connectivity index is 1.89. The number of benzene rings is 1. The van der Waals surface area contributed by atoms with Crippen LogP contribution in [0.3, 0.4) is 0 Å². The van der Waals surface area contributed by atoms with E-state index in [4.69, 9.17) is 11.6 Å². The second-order valence-corrected chi connectivity index (χ2v) is 7.75. The number of nitrogens with one attached hydrogen (secondary N) is 2. The molecular weight excluding hydrogens is 344 g/mol. The van der Waals surface area contributed by atoms with Crippen LogP contribution in [0.1, 0.15) is 37.7 Å². The third-order valence-corrected chi connectivity index (χ3v) is 5.32. The van der Waals surface area contributed by atoms with Crippen molar-refractivity contribution in [1.29, 1.82) is 0 Å². The molecule has 1 heterocycles. The number of amides is 2. The Morgan fingerprint density at radius 2 is 2.12 bits per heavy atom. The van der Waals surface area contributed by atoms with Gasteiger partial charge in [0.05, 0.1) is 0 Å². The zero-order chi connectivity index (χ0) is 17.4. The van der Waals surface area contributed by atoms with E-state index in [1.807, 2.05) is 24.3 Å². The summed E-state index contributed by atoms with van der Waals surface area (Å²) in [5.41, 5.74) is 0.809. The van der Waals surface area contributed by atoms with Crippen molar-refractivity contribution < 1.29 is 9.59 Å². The van der Waals surface area contributed by atoms with Gasteiger partial charge in [-0.2, -0.15) is 11.8 Å². The quantitative estimate of drug-likeness (QED) is 0.658. The summed E-state index contributed by atoms with van der Waals surface area (Å²) in [6.45, 7) is 0.718. The van der Waals surface area contributed by atoms with E-state index in [2.05, 4.69) is 16.9 Å². The van der Waals surface area contributed by atoms with Crippen molar-refractivity contribution in [3.05, 3.63) is 34.9 Å². The summed E-state index contributed by atoms with van der Waals surface area (Å²) in [5, 5.41) is 6.77. The molecule has 0 aliphatic carbocycles. The molecule has 1 aliphatic heterocycles. The lowest BCUT2D eigenvalue weighted by Gasteiger charge is -2.29. The van der Waals surface area contributed by atoms with E-state index in [1.54, 1.807) is 11.8 Å². The van der Waals surface area contributed by atoms with Gasteiger partial charge in [0.15, 0.2) is 0 Å². The number of hydrogen-bond donors (Lipinski definition) is 2. The third-order valence-electron chi connectivity index (χ3n) is 4.37. The van der Waals surface area contributed by atoms with Crippen LogP contribution in [0, 0.1) is 0 Å². The summed E-state index contributed by atoms with van der Waals surface area (Å²) in [5.74, 6) is 1.19. The lowest BCUT2D eigenvalue weighted by Crippen LogP contribution is -2.44. The molecule has 1 fully saturated rings. The summed E-state index contributed by atoms with van der Waals surface area (Å²) in [6, 6.07) is 7.69. The van der Waals surface area contributed by atoms with Crippen LogP contribution >= 0.6 is 23.4 Å². The minimum absolute atomic E-state index is 0.0627. The van der Waals surface area contributed by atoms with Crippen LogP contribution in [0.15, 0.2) is 24.3 Å². The largest absolute Gasteiger partial charge is 0.356 e. The number of halogens is 1. The minimum Gasteiger partial charge on any atom is -0.356 e. The zero-order valence-electron chi connectivity index (χ0n) is 14.1. The van der Waals surface area contributed by atoms with Crippen LogP contribution in [-0.4, -0.2) is 35.9 Å². The SMILES string of the molecule is CSCCCNC(=O)CCC1(Cc2ccc(Cl)cc2)CCC(=O)N1. The molecule has 0 saturated carbocycles. The fourth-order valence-electron chi connectivity index (χ4n) is 3.06. The van der Waals surface area contributed by atoms with Crippen molar-refractivity contribution >= 4 is 35.2 Å². The standard InChI is InChI=1S/C18H25ClN2O2S/c1-24-12-2-11-20-16(22)7-9-18(10-8-17(23)21-18)13-14-3-5-15(19)6-4-14/h3-6H,2,7-13H2,1H3,(H,20,22)(H,21,23).